The number of nitrogens with zero attached hydrogens (tertiary/aromatic N) is 2. The highest BCUT2D eigenvalue weighted by Crippen LogP contribution is 2.36. The van der Waals surface area contributed by atoms with Crippen molar-refractivity contribution in [3.8, 4) is 11.5 Å². The summed E-state index contributed by atoms with van der Waals surface area (Å²) in [6.07, 6.45) is 6.00. The van der Waals surface area contributed by atoms with Crippen LogP contribution in [0.5, 0.6) is 11.5 Å². The summed E-state index contributed by atoms with van der Waals surface area (Å²) in [4.78, 5) is -0.629. The van der Waals surface area contributed by atoms with Crippen LogP contribution in [0.2, 0.25) is 5.02 Å². The fraction of sp³-hybridized carbons (Fsp3) is 0.233. The van der Waals surface area contributed by atoms with Crippen molar-refractivity contribution in [2.24, 2.45) is 5.92 Å². The third kappa shape index (κ3) is 6.39. The molecule has 1 aliphatic carbocycles. The van der Waals surface area contributed by atoms with Crippen molar-refractivity contribution < 1.29 is 31.2 Å². The summed E-state index contributed by atoms with van der Waals surface area (Å²) in [5, 5.41) is 3.71. The van der Waals surface area contributed by atoms with Crippen LogP contribution in [0.3, 0.4) is 0 Å². The lowest BCUT2D eigenvalue weighted by Crippen LogP contribution is -2.31. The molecule has 41 heavy (non-hydrogen) atoms. The molecule has 0 saturated heterocycles. The predicted molar refractivity (Wildman–Crippen MR) is 151 cm³/mol. The summed E-state index contributed by atoms with van der Waals surface area (Å²) in [5.41, 5.74) is 2.53. The average Bonchev–Trinajstić information content (AvgIpc) is 3.51. The summed E-state index contributed by atoms with van der Waals surface area (Å²) in [5.74, 6) is -0.758. The van der Waals surface area contributed by atoms with Crippen LogP contribution in [0.1, 0.15) is 30.4 Å². The minimum absolute atomic E-state index is 0.0194. The molecule has 1 aliphatic rings. The molecule has 1 aromatic heterocycles. The number of halogens is 3. The molecule has 1 heterocycles. The van der Waals surface area contributed by atoms with Gasteiger partial charge in [-0.15, -0.1) is 0 Å². The first-order valence-corrected chi connectivity index (χ1v) is 14.7. The van der Waals surface area contributed by atoms with E-state index in [1.165, 1.54) is 31.6 Å². The van der Waals surface area contributed by atoms with E-state index in [0.29, 0.717) is 11.3 Å². The SMILES string of the molecule is COc1ccc(CN(c2ccon2)S(=O)(=O)c2cc(Cl)c(OC[C@H]3CCCC=C3c3ccc(F)cc3)cc2F)cc1. The first kappa shape index (κ1) is 28.6. The van der Waals surface area contributed by atoms with E-state index in [1.807, 2.05) is 0 Å². The highest BCUT2D eigenvalue weighted by atomic mass is 35.5. The second-order valence-electron chi connectivity index (χ2n) is 9.54. The molecule has 0 amide bonds. The molecule has 0 aliphatic heterocycles. The maximum Gasteiger partial charge on any atom is 0.268 e. The number of hydrogen-bond acceptors (Lipinski definition) is 6. The zero-order valence-electron chi connectivity index (χ0n) is 22.1. The minimum Gasteiger partial charge on any atom is -0.497 e. The molecule has 4 aromatic rings. The first-order chi connectivity index (χ1) is 19.8. The molecule has 0 spiro atoms. The van der Waals surface area contributed by atoms with Gasteiger partial charge in [0.1, 0.15) is 34.3 Å². The summed E-state index contributed by atoms with van der Waals surface area (Å²) in [6.45, 7) is 0.0470. The molecule has 0 radical (unpaired) electrons. The van der Waals surface area contributed by atoms with E-state index in [4.69, 9.17) is 25.6 Å². The van der Waals surface area contributed by atoms with Crippen LogP contribution in [0.15, 0.2) is 88.5 Å². The Morgan fingerprint density at radius 2 is 1.83 bits per heavy atom. The number of rotatable bonds is 10. The van der Waals surface area contributed by atoms with Crippen LogP contribution in [0.25, 0.3) is 5.57 Å². The third-order valence-electron chi connectivity index (χ3n) is 6.90. The van der Waals surface area contributed by atoms with Crippen LogP contribution in [-0.4, -0.2) is 27.3 Å². The van der Waals surface area contributed by atoms with Crippen molar-refractivity contribution in [2.45, 2.75) is 30.7 Å². The second-order valence-corrected chi connectivity index (χ2v) is 11.8. The molecule has 1 atom stereocenters. The number of aromatic nitrogens is 1. The molecular weight excluding hydrogens is 574 g/mol. The molecule has 0 saturated carbocycles. The van der Waals surface area contributed by atoms with Gasteiger partial charge >= 0.3 is 0 Å². The maximum atomic E-state index is 15.5. The molecule has 11 heteroatoms. The highest BCUT2D eigenvalue weighted by molar-refractivity contribution is 7.92. The minimum atomic E-state index is -4.47. The monoisotopic (exact) mass is 600 g/mol. The molecule has 3 aromatic carbocycles. The fourth-order valence-electron chi connectivity index (χ4n) is 4.76. The van der Waals surface area contributed by atoms with Crippen molar-refractivity contribution in [3.63, 3.8) is 0 Å². The fourth-order valence-corrected chi connectivity index (χ4v) is 6.51. The Hall–Kier alpha value is -3.89. The number of sulfonamides is 1. The van der Waals surface area contributed by atoms with Gasteiger partial charge in [0.25, 0.3) is 10.0 Å². The summed E-state index contributed by atoms with van der Waals surface area (Å²) in [6, 6.07) is 16.4. The van der Waals surface area contributed by atoms with Crippen LogP contribution in [-0.2, 0) is 16.6 Å². The van der Waals surface area contributed by atoms with Crippen LogP contribution >= 0.6 is 11.6 Å². The lowest BCUT2D eigenvalue weighted by Gasteiger charge is -2.25. The molecule has 0 unspecified atom stereocenters. The zero-order valence-corrected chi connectivity index (χ0v) is 23.7. The summed E-state index contributed by atoms with van der Waals surface area (Å²) in [7, 11) is -2.94. The molecule has 0 N–H and O–H groups in total. The quantitative estimate of drug-likeness (QED) is 0.190. The number of benzene rings is 3. The number of anilines is 1. The van der Waals surface area contributed by atoms with E-state index in [-0.39, 0.29) is 41.5 Å². The largest absolute Gasteiger partial charge is 0.497 e. The topological polar surface area (TPSA) is 81.9 Å². The van der Waals surface area contributed by atoms with Gasteiger partial charge in [0, 0.05) is 18.1 Å². The smallest absolute Gasteiger partial charge is 0.268 e. The highest BCUT2D eigenvalue weighted by Gasteiger charge is 2.31. The molecule has 0 bridgehead atoms. The van der Waals surface area contributed by atoms with Gasteiger partial charge in [0.05, 0.1) is 25.3 Å². The molecule has 0 fully saturated rings. The Balaban J connectivity index is 1.38. The van der Waals surface area contributed by atoms with Crippen molar-refractivity contribution in [1.29, 1.82) is 0 Å². The Bertz CT molecular complexity index is 1630. The maximum absolute atomic E-state index is 15.5. The van der Waals surface area contributed by atoms with Crippen molar-refractivity contribution in [1.82, 2.24) is 5.16 Å². The Morgan fingerprint density at radius 1 is 1.07 bits per heavy atom. The predicted octanol–water partition coefficient (Wildman–Crippen LogP) is 7.27. The van der Waals surface area contributed by atoms with Crippen LogP contribution in [0.4, 0.5) is 14.6 Å². The van der Waals surface area contributed by atoms with Gasteiger partial charge in [-0.25, -0.2) is 21.5 Å². The average molecular weight is 601 g/mol. The van der Waals surface area contributed by atoms with E-state index >= 15 is 4.39 Å². The van der Waals surface area contributed by atoms with Gasteiger partial charge in [-0.05, 0) is 66.3 Å². The van der Waals surface area contributed by atoms with E-state index < -0.39 is 20.7 Å². The normalized spacial score (nSPS) is 15.3. The third-order valence-corrected chi connectivity index (χ3v) is 8.96. The Labute approximate surface area is 242 Å². The Morgan fingerprint density at radius 3 is 2.51 bits per heavy atom. The van der Waals surface area contributed by atoms with Gasteiger partial charge in [0.2, 0.25) is 0 Å². The Kier molecular flexibility index (Phi) is 8.60. The van der Waals surface area contributed by atoms with Gasteiger partial charge in [-0.3, -0.25) is 0 Å². The van der Waals surface area contributed by atoms with Gasteiger partial charge in [-0.1, -0.05) is 47.1 Å². The van der Waals surface area contributed by atoms with Crippen LogP contribution in [0, 0.1) is 17.6 Å². The number of hydrogen-bond donors (Lipinski definition) is 0. The van der Waals surface area contributed by atoms with Crippen LogP contribution < -0.4 is 13.8 Å². The number of ether oxygens (including phenoxy) is 2. The first-order valence-electron chi connectivity index (χ1n) is 12.9. The van der Waals surface area contributed by atoms with E-state index in [9.17, 15) is 12.8 Å². The standard InChI is InChI=1S/C30H27ClF2N2O5S/c1-38-24-12-6-20(7-13-24)18-35(30-14-15-40-34-30)41(36,37)29-16-26(31)28(17-27(29)33)39-19-22-4-2-3-5-25(22)21-8-10-23(32)11-9-21/h5-17,22H,2-4,18-19H2,1H3/t22-/m1/s1. The zero-order chi connectivity index (χ0) is 29.0. The molecule has 7 nitrogen and oxygen atoms in total. The van der Waals surface area contributed by atoms with E-state index in [0.717, 1.165) is 46.8 Å². The number of allylic oxidation sites excluding steroid dienone is 1. The lowest BCUT2D eigenvalue weighted by molar-refractivity contribution is 0.267. The number of methoxy groups -OCH3 is 1. The summed E-state index contributed by atoms with van der Waals surface area (Å²) >= 11 is 6.44. The second kappa shape index (κ2) is 12.3. The van der Waals surface area contributed by atoms with Gasteiger partial charge in [-0.2, -0.15) is 0 Å². The van der Waals surface area contributed by atoms with E-state index in [1.54, 1.807) is 36.4 Å². The van der Waals surface area contributed by atoms with Crippen molar-refractivity contribution in [3.05, 3.63) is 107 Å². The van der Waals surface area contributed by atoms with Gasteiger partial charge in [0.15, 0.2) is 5.82 Å². The van der Waals surface area contributed by atoms with Crippen molar-refractivity contribution in [2.75, 3.05) is 18.0 Å². The van der Waals surface area contributed by atoms with E-state index in [2.05, 4.69) is 11.2 Å². The van der Waals surface area contributed by atoms with Crippen molar-refractivity contribution >= 4 is 33.0 Å². The molecule has 5 rings (SSSR count). The van der Waals surface area contributed by atoms with Gasteiger partial charge < -0.3 is 14.0 Å². The summed E-state index contributed by atoms with van der Waals surface area (Å²) < 4.78 is 73.2. The molecular formula is C30H27ClF2N2O5S. The molecule has 214 valence electrons. The lowest BCUT2D eigenvalue weighted by atomic mass is 9.84.